The largest absolute Gasteiger partial charge is 0.461 e. The van der Waals surface area contributed by atoms with Gasteiger partial charge in [0.2, 0.25) is 11.7 Å². The highest BCUT2D eigenvalue weighted by Crippen LogP contribution is 2.41. The molecule has 5 rings (SSSR count). The molecule has 1 unspecified atom stereocenters. The minimum absolute atomic E-state index is 0.0373. The highest BCUT2D eigenvalue weighted by molar-refractivity contribution is 7.17. The number of carbonyl (C=O) groups excluding carboxylic acids is 3. The van der Waals surface area contributed by atoms with Crippen molar-refractivity contribution in [3.05, 3.63) is 62.6 Å². The summed E-state index contributed by atoms with van der Waals surface area (Å²) in [5.74, 6) is 0.482. The van der Waals surface area contributed by atoms with Gasteiger partial charge in [-0.2, -0.15) is 0 Å². The van der Waals surface area contributed by atoms with Crippen LogP contribution in [0.15, 0.2) is 40.3 Å². The van der Waals surface area contributed by atoms with Gasteiger partial charge in [-0.05, 0) is 67.2 Å². The summed E-state index contributed by atoms with van der Waals surface area (Å²) in [6.45, 7) is 3.34. The first-order chi connectivity index (χ1) is 16.0. The lowest BCUT2D eigenvalue weighted by Gasteiger charge is -2.31. The van der Waals surface area contributed by atoms with Gasteiger partial charge < -0.3 is 14.6 Å². The molecule has 1 aliphatic carbocycles. The van der Waals surface area contributed by atoms with Crippen molar-refractivity contribution in [2.24, 2.45) is 11.8 Å². The Bertz CT molecular complexity index is 1160. The van der Waals surface area contributed by atoms with E-state index >= 15 is 0 Å². The average molecular weight is 483 g/mol. The fourth-order valence-electron chi connectivity index (χ4n) is 4.72. The van der Waals surface area contributed by atoms with Crippen molar-refractivity contribution >= 4 is 45.3 Å². The molecule has 1 saturated heterocycles. The zero-order chi connectivity index (χ0) is 22.9. The van der Waals surface area contributed by atoms with Crippen LogP contribution in [0.2, 0.25) is 0 Å². The molecule has 0 spiro atoms. The molecule has 8 heteroatoms. The maximum absolute atomic E-state index is 13.2. The number of piperidine rings is 1. The third-order valence-corrected chi connectivity index (χ3v) is 8.63. The number of ketones is 1. The summed E-state index contributed by atoms with van der Waals surface area (Å²) in [6.07, 6.45) is 5.54. The molecule has 1 N–H and O–H groups in total. The number of thiophene rings is 2. The van der Waals surface area contributed by atoms with Crippen LogP contribution in [-0.4, -0.2) is 35.6 Å². The number of carbonyl (C=O) groups is 3. The van der Waals surface area contributed by atoms with E-state index in [0.717, 1.165) is 29.7 Å². The van der Waals surface area contributed by atoms with E-state index in [1.54, 1.807) is 12.1 Å². The zero-order valence-corrected chi connectivity index (χ0v) is 20.1. The van der Waals surface area contributed by atoms with E-state index in [1.807, 2.05) is 22.4 Å². The summed E-state index contributed by atoms with van der Waals surface area (Å²) >= 11 is 2.97. The van der Waals surface area contributed by atoms with Crippen molar-refractivity contribution in [2.45, 2.75) is 39.0 Å². The summed E-state index contributed by atoms with van der Waals surface area (Å²) in [6, 6.07) is 7.09. The lowest BCUT2D eigenvalue weighted by Crippen LogP contribution is -2.41. The number of nitrogens with one attached hydrogen (secondary N) is 1. The van der Waals surface area contributed by atoms with Crippen LogP contribution in [0.1, 0.15) is 62.4 Å². The van der Waals surface area contributed by atoms with E-state index < -0.39 is 0 Å². The average Bonchev–Trinajstić information content (AvgIpc) is 3.59. The first-order valence-electron chi connectivity index (χ1n) is 11.4. The molecular weight excluding hydrogens is 456 g/mol. The normalized spacial score (nSPS) is 18.7. The van der Waals surface area contributed by atoms with Crippen LogP contribution in [0.3, 0.4) is 0 Å². The van der Waals surface area contributed by atoms with Crippen LogP contribution >= 0.6 is 22.7 Å². The molecule has 3 aromatic heterocycles. The van der Waals surface area contributed by atoms with Crippen molar-refractivity contribution in [1.29, 1.82) is 0 Å². The van der Waals surface area contributed by atoms with E-state index in [1.165, 1.54) is 33.8 Å². The van der Waals surface area contributed by atoms with Gasteiger partial charge in [0.1, 0.15) is 5.00 Å². The predicted molar refractivity (Wildman–Crippen MR) is 129 cm³/mol. The molecule has 33 heavy (non-hydrogen) atoms. The monoisotopic (exact) mass is 482 g/mol. The van der Waals surface area contributed by atoms with Crippen LogP contribution in [-0.2, 0) is 17.6 Å². The number of rotatable bonds is 5. The minimum atomic E-state index is -0.179. The number of hydrogen-bond donors (Lipinski definition) is 1. The van der Waals surface area contributed by atoms with Gasteiger partial charge in [-0.15, -0.1) is 22.7 Å². The molecule has 0 bridgehead atoms. The smallest absolute Gasteiger partial charge is 0.263 e. The third-order valence-electron chi connectivity index (χ3n) is 6.61. The zero-order valence-electron chi connectivity index (χ0n) is 18.5. The maximum atomic E-state index is 13.2. The number of fused-ring (bicyclic) bond motifs is 1. The molecule has 0 saturated carbocycles. The highest BCUT2D eigenvalue weighted by atomic mass is 32.1. The van der Waals surface area contributed by atoms with Crippen molar-refractivity contribution in [2.75, 3.05) is 18.4 Å². The molecule has 172 valence electrons. The van der Waals surface area contributed by atoms with Gasteiger partial charge in [0.05, 0.1) is 16.7 Å². The van der Waals surface area contributed by atoms with Gasteiger partial charge in [-0.1, -0.05) is 13.0 Å². The number of amides is 2. The number of anilines is 1. The van der Waals surface area contributed by atoms with Gasteiger partial charge >= 0.3 is 0 Å². The molecular formula is C25H26N2O4S2. The second kappa shape index (κ2) is 9.27. The Morgan fingerprint density at radius 2 is 1.94 bits per heavy atom. The van der Waals surface area contributed by atoms with Gasteiger partial charge in [0, 0.05) is 23.9 Å². The summed E-state index contributed by atoms with van der Waals surface area (Å²) < 4.78 is 5.38. The SMILES string of the molecule is CC1CCc2c(sc(NC(=O)C3CCN(C(=O)c4cccs4)CC3)c2C(=O)c2ccco2)C1. The fraction of sp³-hybridized carbons (Fsp3) is 0.400. The van der Waals surface area contributed by atoms with Gasteiger partial charge in [0.25, 0.3) is 5.91 Å². The predicted octanol–water partition coefficient (Wildman–Crippen LogP) is 5.25. The van der Waals surface area contributed by atoms with E-state index in [2.05, 4.69) is 12.2 Å². The second-order valence-corrected chi connectivity index (χ2v) is 10.9. The number of furan rings is 1. The molecule has 4 heterocycles. The molecule has 1 atom stereocenters. The van der Waals surface area contributed by atoms with Gasteiger partial charge in [-0.3, -0.25) is 14.4 Å². The Morgan fingerprint density at radius 1 is 1.12 bits per heavy atom. The molecule has 2 aliphatic rings. The number of hydrogen-bond acceptors (Lipinski definition) is 6. The minimum Gasteiger partial charge on any atom is -0.461 e. The second-order valence-electron chi connectivity index (χ2n) is 8.90. The van der Waals surface area contributed by atoms with E-state index in [9.17, 15) is 14.4 Å². The van der Waals surface area contributed by atoms with Crippen molar-refractivity contribution in [3.63, 3.8) is 0 Å². The first kappa shape index (κ1) is 22.1. The van der Waals surface area contributed by atoms with Crippen LogP contribution < -0.4 is 5.32 Å². The van der Waals surface area contributed by atoms with Crippen LogP contribution in [0, 0.1) is 11.8 Å². The standard InChI is InChI=1S/C25H26N2O4S2/c1-15-6-7-17-20(14-15)33-24(21(17)22(28)18-4-2-12-31-18)26-23(29)16-8-10-27(11-9-16)25(30)19-5-3-13-32-19/h2-5,12-13,15-16H,6-11,14H2,1H3,(H,26,29). The Morgan fingerprint density at radius 3 is 2.64 bits per heavy atom. The molecule has 0 aromatic carbocycles. The first-order valence-corrected chi connectivity index (χ1v) is 13.1. The number of likely N-dealkylation sites (tertiary alicyclic amines) is 1. The van der Waals surface area contributed by atoms with E-state index in [4.69, 9.17) is 4.42 Å². The molecule has 1 fully saturated rings. The third kappa shape index (κ3) is 4.42. The van der Waals surface area contributed by atoms with Gasteiger partial charge in [0.15, 0.2) is 5.76 Å². The molecule has 2 amide bonds. The van der Waals surface area contributed by atoms with E-state index in [-0.39, 0.29) is 23.5 Å². The van der Waals surface area contributed by atoms with Crippen molar-refractivity contribution < 1.29 is 18.8 Å². The molecule has 6 nitrogen and oxygen atoms in total. The Labute approximate surface area is 200 Å². The summed E-state index contributed by atoms with van der Waals surface area (Å²) in [5.41, 5.74) is 1.65. The van der Waals surface area contributed by atoms with E-state index in [0.29, 0.717) is 48.2 Å². The quantitative estimate of drug-likeness (QED) is 0.504. The maximum Gasteiger partial charge on any atom is 0.263 e. The van der Waals surface area contributed by atoms with Crippen molar-refractivity contribution in [3.8, 4) is 0 Å². The highest BCUT2D eigenvalue weighted by Gasteiger charge is 2.32. The summed E-state index contributed by atoms with van der Waals surface area (Å²) in [7, 11) is 0. The van der Waals surface area contributed by atoms with Crippen molar-refractivity contribution in [1.82, 2.24) is 4.90 Å². The summed E-state index contributed by atoms with van der Waals surface area (Å²) in [4.78, 5) is 42.8. The lowest BCUT2D eigenvalue weighted by molar-refractivity contribution is -0.121. The van der Waals surface area contributed by atoms with Crippen LogP contribution in [0.4, 0.5) is 5.00 Å². The Hall–Kier alpha value is -2.71. The molecule has 0 radical (unpaired) electrons. The fourth-order valence-corrected chi connectivity index (χ4v) is 6.83. The topological polar surface area (TPSA) is 79.6 Å². The molecule has 1 aliphatic heterocycles. The van der Waals surface area contributed by atoms with Gasteiger partial charge in [-0.25, -0.2) is 0 Å². The Kier molecular flexibility index (Phi) is 6.21. The number of nitrogens with zero attached hydrogens (tertiary/aromatic N) is 1. The van der Waals surface area contributed by atoms with Crippen LogP contribution in [0.25, 0.3) is 0 Å². The lowest BCUT2D eigenvalue weighted by atomic mass is 9.87. The summed E-state index contributed by atoms with van der Waals surface area (Å²) in [5, 5.41) is 5.62. The van der Waals surface area contributed by atoms with Crippen LogP contribution in [0.5, 0.6) is 0 Å². The Balaban J connectivity index is 1.31. The molecule has 3 aromatic rings.